The summed E-state index contributed by atoms with van der Waals surface area (Å²) in [5.41, 5.74) is 3.03. The van der Waals surface area contributed by atoms with E-state index in [1.807, 2.05) is 29.8 Å². The van der Waals surface area contributed by atoms with Crippen LogP contribution in [0.15, 0.2) is 43.1 Å². The van der Waals surface area contributed by atoms with Crippen molar-refractivity contribution in [1.82, 2.24) is 34.3 Å². The summed E-state index contributed by atoms with van der Waals surface area (Å²) >= 11 is 0. The number of anilines is 2. The molecule has 1 amide bonds. The molecule has 0 aromatic carbocycles. The third-order valence-electron chi connectivity index (χ3n) is 6.04. The zero-order valence-electron chi connectivity index (χ0n) is 18.1. The molecule has 166 valence electrons. The van der Waals surface area contributed by atoms with Crippen molar-refractivity contribution in [2.24, 2.45) is 5.92 Å². The molecule has 10 heteroatoms. The van der Waals surface area contributed by atoms with Gasteiger partial charge in [0.1, 0.15) is 11.6 Å². The smallest absolute Gasteiger partial charge is 0.233 e. The van der Waals surface area contributed by atoms with E-state index in [2.05, 4.69) is 46.7 Å². The van der Waals surface area contributed by atoms with E-state index in [-0.39, 0.29) is 23.7 Å². The van der Waals surface area contributed by atoms with E-state index < -0.39 is 0 Å². The van der Waals surface area contributed by atoms with Crippen LogP contribution in [0.5, 0.6) is 0 Å². The molecule has 10 nitrogen and oxygen atoms in total. The molecular formula is C23H23N9O. The van der Waals surface area contributed by atoms with Crippen molar-refractivity contribution >= 4 is 23.5 Å². The van der Waals surface area contributed by atoms with Gasteiger partial charge in [0, 0.05) is 48.5 Å². The number of carbonyl (C=O) groups is 1. The van der Waals surface area contributed by atoms with Crippen LogP contribution in [0.25, 0.3) is 5.78 Å². The predicted octanol–water partition coefficient (Wildman–Crippen LogP) is 2.85. The maximum atomic E-state index is 12.6. The highest BCUT2D eigenvalue weighted by atomic mass is 16.2. The molecule has 0 unspecified atom stereocenters. The molecular weight excluding hydrogens is 418 g/mol. The number of carbonyl (C=O) groups excluding carboxylic acids is 1. The number of imidazole rings is 1. The molecule has 2 N–H and O–H groups in total. The summed E-state index contributed by atoms with van der Waals surface area (Å²) in [5.74, 6) is 2.72. The highest BCUT2D eigenvalue weighted by Crippen LogP contribution is 2.46. The second-order valence-corrected chi connectivity index (χ2v) is 8.71. The van der Waals surface area contributed by atoms with Gasteiger partial charge in [-0.15, -0.1) is 0 Å². The summed E-state index contributed by atoms with van der Waals surface area (Å²) in [6, 6.07) is 3.61. The molecule has 0 aliphatic heterocycles. The fraction of sp³-hybridized carbons (Fsp3) is 0.348. The van der Waals surface area contributed by atoms with Gasteiger partial charge in [-0.05, 0) is 49.8 Å². The molecule has 6 rings (SSSR count). The van der Waals surface area contributed by atoms with E-state index in [0.29, 0.717) is 24.1 Å². The van der Waals surface area contributed by atoms with Gasteiger partial charge in [-0.25, -0.2) is 24.9 Å². The van der Waals surface area contributed by atoms with Crippen molar-refractivity contribution in [3.05, 3.63) is 65.9 Å². The van der Waals surface area contributed by atoms with E-state index >= 15 is 0 Å². The Morgan fingerprint density at radius 1 is 1.09 bits per heavy atom. The van der Waals surface area contributed by atoms with E-state index in [9.17, 15) is 4.79 Å². The van der Waals surface area contributed by atoms with Crippen LogP contribution >= 0.6 is 0 Å². The third kappa shape index (κ3) is 4.23. The SMILES string of the molecule is Cc1ccnc([C@H]2C[C@@H]2C(=O)Nc2nccc(NCc3cn4cc(C5CC5)cnc4n3)n2)n1. The van der Waals surface area contributed by atoms with Crippen molar-refractivity contribution in [2.45, 2.75) is 44.6 Å². The fourth-order valence-electron chi connectivity index (χ4n) is 3.98. The Morgan fingerprint density at radius 3 is 2.82 bits per heavy atom. The molecule has 33 heavy (non-hydrogen) atoms. The second kappa shape index (κ2) is 7.88. The Bertz CT molecular complexity index is 1350. The largest absolute Gasteiger partial charge is 0.364 e. The van der Waals surface area contributed by atoms with Crippen LogP contribution in [0.1, 0.15) is 53.9 Å². The summed E-state index contributed by atoms with van der Waals surface area (Å²) in [6.07, 6.45) is 12.6. The zero-order valence-corrected chi connectivity index (χ0v) is 18.1. The maximum absolute atomic E-state index is 12.6. The van der Waals surface area contributed by atoms with Crippen LogP contribution in [0.3, 0.4) is 0 Å². The van der Waals surface area contributed by atoms with Gasteiger partial charge >= 0.3 is 0 Å². The number of aromatic nitrogens is 7. The van der Waals surface area contributed by atoms with Crippen molar-refractivity contribution < 1.29 is 4.79 Å². The minimum absolute atomic E-state index is 0.0512. The van der Waals surface area contributed by atoms with Gasteiger partial charge in [-0.1, -0.05) is 0 Å². The quantitative estimate of drug-likeness (QED) is 0.449. The lowest BCUT2D eigenvalue weighted by Crippen LogP contribution is -2.17. The highest BCUT2D eigenvalue weighted by Gasteiger charge is 2.46. The lowest BCUT2D eigenvalue weighted by atomic mass is 10.2. The van der Waals surface area contributed by atoms with Gasteiger partial charge in [0.15, 0.2) is 0 Å². The molecule has 2 fully saturated rings. The number of nitrogens with one attached hydrogen (secondary N) is 2. The molecule has 0 bridgehead atoms. The van der Waals surface area contributed by atoms with Crippen molar-refractivity contribution in [2.75, 3.05) is 10.6 Å². The van der Waals surface area contributed by atoms with Crippen LogP contribution in [0, 0.1) is 12.8 Å². The molecule has 2 saturated carbocycles. The number of amides is 1. The summed E-state index contributed by atoms with van der Waals surface area (Å²) < 4.78 is 1.97. The summed E-state index contributed by atoms with van der Waals surface area (Å²) in [5, 5.41) is 6.06. The highest BCUT2D eigenvalue weighted by molar-refractivity contribution is 5.93. The van der Waals surface area contributed by atoms with Crippen LogP contribution in [0.2, 0.25) is 0 Å². The maximum Gasteiger partial charge on any atom is 0.233 e. The average molecular weight is 441 g/mol. The number of fused-ring (bicyclic) bond motifs is 1. The minimum Gasteiger partial charge on any atom is -0.364 e. The summed E-state index contributed by atoms with van der Waals surface area (Å²) in [6.45, 7) is 2.41. The molecule has 4 aromatic rings. The molecule has 4 heterocycles. The van der Waals surface area contributed by atoms with E-state index in [1.54, 1.807) is 18.5 Å². The molecule has 2 aliphatic rings. The Labute approximate surface area is 190 Å². The summed E-state index contributed by atoms with van der Waals surface area (Å²) in [4.78, 5) is 39.0. The number of aryl methyl sites for hydroxylation is 1. The molecule has 0 saturated heterocycles. The minimum atomic E-state index is -0.155. The Balaban J connectivity index is 1.08. The first-order valence-corrected chi connectivity index (χ1v) is 11.1. The first kappa shape index (κ1) is 19.7. The van der Waals surface area contributed by atoms with Crippen LogP contribution in [0.4, 0.5) is 11.8 Å². The van der Waals surface area contributed by atoms with Crippen molar-refractivity contribution in [3.63, 3.8) is 0 Å². The molecule has 4 aromatic heterocycles. The first-order chi connectivity index (χ1) is 16.1. The van der Waals surface area contributed by atoms with Gasteiger partial charge in [-0.2, -0.15) is 4.98 Å². The van der Waals surface area contributed by atoms with Gasteiger partial charge in [0.25, 0.3) is 0 Å². The molecule has 0 radical (unpaired) electrons. The molecule has 0 spiro atoms. The summed E-state index contributed by atoms with van der Waals surface area (Å²) in [7, 11) is 0. The van der Waals surface area contributed by atoms with Gasteiger partial charge in [0.05, 0.1) is 12.2 Å². The van der Waals surface area contributed by atoms with Crippen LogP contribution in [-0.4, -0.2) is 40.2 Å². The van der Waals surface area contributed by atoms with Gasteiger partial charge in [0.2, 0.25) is 17.6 Å². The number of nitrogens with zero attached hydrogens (tertiary/aromatic N) is 7. The lowest BCUT2D eigenvalue weighted by Gasteiger charge is -2.07. The van der Waals surface area contributed by atoms with Gasteiger partial charge in [-0.3, -0.25) is 14.5 Å². The van der Waals surface area contributed by atoms with Gasteiger partial charge < -0.3 is 5.32 Å². The van der Waals surface area contributed by atoms with Crippen LogP contribution < -0.4 is 10.6 Å². The fourth-order valence-corrected chi connectivity index (χ4v) is 3.98. The average Bonchev–Trinajstić information content (AvgIpc) is 3.74. The normalized spacial score (nSPS) is 19.4. The number of hydrogen-bond donors (Lipinski definition) is 2. The standard InChI is InChI=1S/C23H23N9O/c1-13-4-6-24-20(28-13)17-8-18(17)21(33)31-22-25-7-5-19(30-22)26-10-16-12-32-11-15(14-2-3-14)9-27-23(32)29-16/h4-7,9,11-12,14,17-18H,2-3,8,10H2,1H3,(H2,25,26,30,31,33)/t17-,18-/m0/s1. The van der Waals surface area contributed by atoms with E-state index in [4.69, 9.17) is 0 Å². The van der Waals surface area contributed by atoms with Crippen molar-refractivity contribution in [3.8, 4) is 0 Å². The number of rotatable bonds is 7. The molecule has 2 atom stereocenters. The Morgan fingerprint density at radius 2 is 1.97 bits per heavy atom. The van der Waals surface area contributed by atoms with E-state index in [1.165, 1.54) is 18.4 Å². The lowest BCUT2D eigenvalue weighted by molar-refractivity contribution is -0.117. The predicted molar refractivity (Wildman–Crippen MR) is 121 cm³/mol. The van der Waals surface area contributed by atoms with Crippen LogP contribution in [-0.2, 0) is 11.3 Å². The first-order valence-electron chi connectivity index (χ1n) is 11.1. The van der Waals surface area contributed by atoms with Crippen molar-refractivity contribution in [1.29, 1.82) is 0 Å². The second-order valence-electron chi connectivity index (χ2n) is 8.71. The molecule has 2 aliphatic carbocycles. The Kier molecular flexibility index (Phi) is 4.70. The zero-order chi connectivity index (χ0) is 22.4. The Hall–Kier alpha value is -3.95. The third-order valence-corrected chi connectivity index (χ3v) is 6.04. The number of hydrogen-bond acceptors (Lipinski definition) is 8. The monoisotopic (exact) mass is 441 g/mol. The van der Waals surface area contributed by atoms with E-state index in [0.717, 1.165) is 23.6 Å². The topological polar surface area (TPSA) is 123 Å².